The number of nitrogens with zero attached hydrogens (tertiary/aromatic N) is 3. The van der Waals surface area contributed by atoms with E-state index in [9.17, 15) is 0 Å². The molecule has 0 aliphatic heterocycles. The molecule has 2 aromatic heterocycles. The van der Waals surface area contributed by atoms with Crippen LogP contribution in [0.15, 0.2) is 6.20 Å². The van der Waals surface area contributed by atoms with Crippen molar-refractivity contribution in [2.24, 2.45) is 0 Å². The van der Waals surface area contributed by atoms with Crippen LogP contribution in [-0.2, 0) is 12.3 Å². The molecule has 18 heavy (non-hydrogen) atoms. The number of aromatic amines is 1. The van der Waals surface area contributed by atoms with Gasteiger partial charge in [-0.15, -0.1) is 11.3 Å². The molecule has 98 valence electrons. The molecule has 0 radical (unpaired) electrons. The second-order valence-electron chi connectivity index (χ2n) is 3.76. The molecule has 0 unspecified atom stereocenters. The summed E-state index contributed by atoms with van der Waals surface area (Å²) in [6, 6.07) is 0. The summed E-state index contributed by atoms with van der Waals surface area (Å²) in [6.45, 7) is 5.18. The standard InChI is InChI=1S/C11H16N4S3/c1-3-5-15-10(13-14-11(15)16)8-6-12-9(18-8)7-17-4-2/h6H,3-5,7H2,1-2H3,(H,14,16). The van der Waals surface area contributed by atoms with Crippen LogP contribution in [0.4, 0.5) is 0 Å². The van der Waals surface area contributed by atoms with Crippen molar-refractivity contribution in [3.05, 3.63) is 16.0 Å². The second-order valence-corrected chi connectivity index (χ2v) is 6.54. The molecule has 0 saturated carbocycles. The number of thioether (sulfide) groups is 1. The zero-order valence-electron chi connectivity index (χ0n) is 10.5. The first-order chi connectivity index (χ1) is 8.76. The zero-order chi connectivity index (χ0) is 13.0. The van der Waals surface area contributed by atoms with Crippen molar-refractivity contribution in [3.63, 3.8) is 0 Å². The van der Waals surface area contributed by atoms with Gasteiger partial charge in [0.25, 0.3) is 0 Å². The van der Waals surface area contributed by atoms with E-state index in [0.717, 1.165) is 40.2 Å². The molecule has 2 rings (SSSR count). The Labute approximate surface area is 120 Å². The third kappa shape index (κ3) is 3.02. The molecule has 0 fully saturated rings. The fourth-order valence-corrected chi connectivity index (χ4v) is 3.48. The molecule has 4 nitrogen and oxygen atoms in total. The number of aromatic nitrogens is 4. The molecule has 0 spiro atoms. The van der Waals surface area contributed by atoms with Crippen LogP contribution in [0.3, 0.4) is 0 Å². The van der Waals surface area contributed by atoms with E-state index in [1.807, 2.05) is 22.5 Å². The number of thiazole rings is 1. The summed E-state index contributed by atoms with van der Waals surface area (Å²) in [7, 11) is 0. The van der Waals surface area contributed by atoms with E-state index in [-0.39, 0.29) is 0 Å². The molecule has 0 aliphatic rings. The topological polar surface area (TPSA) is 46.5 Å². The van der Waals surface area contributed by atoms with Crippen LogP contribution < -0.4 is 0 Å². The summed E-state index contributed by atoms with van der Waals surface area (Å²) >= 11 is 8.82. The predicted molar refractivity (Wildman–Crippen MR) is 80.6 cm³/mol. The van der Waals surface area contributed by atoms with Crippen LogP contribution in [0.25, 0.3) is 10.7 Å². The van der Waals surface area contributed by atoms with Crippen molar-refractivity contribution in [2.75, 3.05) is 5.75 Å². The van der Waals surface area contributed by atoms with Crippen LogP contribution in [0, 0.1) is 4.77 Å². The highest BCUT2D eigenvalue weighted by Gasteiger charge is 2.11. The van der Waals surface area contributed by atoms with Crippen molar-refractivity contribution >= 4 is 35.3 Å². The first-order valence-electron chi connectivity index (χ1n) is 5.94. The van der Waals surface area contributed by atoms with Crippen molar-refractivity contribution in [3.8, 4) is 10.7 Å². The summed E-state index contributed by atoms with van der Waals surface area (Å²) in [4.78, 5) is 5.52. The average molecular weight is 300 g/mol. The van der Waals surface area contributed by atoms with E-state index in [2.05, 4.69) is 29.0 Å². The number of rotatable bonds is 6. The fourth-order valence-electron chi connectivity index (χ4n) is 1.61. The monoisotopic (exact) mass is 300 g/mol. The Hall–Kier alpha value is -0.660. The van der Waals surface area contributed by atoms with Gasteiger partial charge in [-0.1, -0.05) is 13.8 Å². The molecule has 2 aromatic rings. The normalized spacial score (nSPS) is 11.0. The summed E-state index contributed by atoms with van der Waals surface area (Å²) < 4.78 is 2.73. The van der Waals surface area contributed by atoms with Crippen molar-refractivity contribution in [1.29, 1.82) is 0 Å². The Kier molecular flexibility index (Phi) is 4.96. The van der Waals surface area contributed by atoms with Gasteiger partial charge < -0.3 is 0 Å². The van der Waals surface area contributed by atoms with Crippen molar-refractivity contribution < 1.29 is 0 Å². The van der Waals surface area contributed by atoms with Crippen LogP contribution in [0.1, 0.15) is 25.3 Å². The first kappa shape index (κ1) is 13.8. The van der Waals surface area contributed by atoms with Crippen molar-refractivity contribution in [1.82, 2.24) is 19.7 Å². The molecule has 0 aromatic carbocycles. The van der Waals surface area contributed by atoms with Gasteiger partial charge >= 0.3 is 0 Å². The molecule has 0 saturated heterocycles. The van der Waals surface area contributed by atoms with Gasteiger partial charge in [0.05, 0.1) is 4.88 Å². The van der Waals surface area contributed by atoms with Crippen LogP contribution in [0.5, 0.6) is 0 Å². The summed E-state index contributed by atoms with van der Waals surface area (Å²) in [5, 5.41) is 8.32. The SMILES string of the molecule is CCCn1c(-c2cnc(CSCC)s2)n[nH]c1=S. The number of nitrogens with one attached hydrogen (secondary N) is 1. The lowest BCUT2D eigenvalue weighted by atomic mass is 10.4. The lowest BCUT2D eigenvalue weighted by Gasteiger charge is -2.01. The summed E-state index contributed by atoms with van der Waals surface area (Å²) in [5.74, 6) is 3.00. The van der Waals surface area contributed by atoms with Gasteiger partial charge in [-0.2, -0.15) is 16.9 Å². The molecule has 1 N–H and O–H groups in total. The number of hydrogen-bond donors (Lipinski definition) is 1. The Morgan fingerprint density at radius 2 is 2.33 bits per heavy atom. The van der Waals surface area contributed by atoms with Gasteiger partial charge in [-0.25, -0.2) is 4.98 Å². The molecular formula is C11H16N4S3. The quantitative estimate of drug-likeness (QED) is 0.826. The molecule has 7 heteroatoms. The molecule has 0 atom stereocenters. The minimum Gasteiger partial charge on any atom is -0.299 e. The Morgan fingerprint density at radius 1 is 1.50 bits per heavy atom. The maximum absolute atomic E-state index is 5.24. The van der Waals surface area contributed by atoms with E-state index < -0.39 is 0 Å². The van der Waals surface area contributed by atoms with Crippen LogP contribution in [0.2, 0.25) is 0 Å². The molecule has 0 amide bonds. The maximum Gasteiger partial charge on any atom is 0.195 e. The Bertz CT molecular complexity index is 555. The van der Waals surface area contributed by atoms with Gasteiger partial charge in [-0.3, -0.25) is 9.67 Å². The average Bonchev–Trinajstić information content (AvgIpc) is 2.95. The molecule has 0 bridgehead atoms. The predicted octanol–water partition coefficient (Wildman–Crippen LogP) is 3.73. The van der Waals surface area contributed by atoms with Crippen LogP contribution >= 0.6 is 35.3 Å². The van der Waals surface area contributed by atoms with Gasteiger partial charge in [0.1, 0.15) is 5.01 Å². The highest BCUT2D eigenvalue weighted by molar-refractivity contribution is 7.98. The molecule has 0 aliphatic carbocycles. The lowest BCUT2D eigenvalue weighted by molar-refractivity contribution is 0.675. The van der Waals surface area contributed by atoms with Gasteiger partial charge in [0, 0.05) is 18.5 Å². The summed E-state index contributed by atoms with van der Waals surface area (Å²) in [5.41, 5.74) is 0. The minimum absolute atomic E-state index is 0.685. The van der Waals surface area contributed by atoms with Crippen LogP contribution in [-0.4, -0.2) is 25.5 Å². The van der Waals surface area contributed by atoms with E-state index >= 15 is 0 Å². The van der Waals surface area contributed by atoms with E-state index in [1.165, 1.54) is 0 Å². The third-order valence-electron chi connectivity index (χ3n) is 2.41. The largest absolute Gasteiger partial charge is 0.299 e. The van der Waals surface area contributed by atoms with E-state index in [4.69, 9.17) is 12.2 Å². The minimum atomic E-state index is 0.685. The van der Waals surface area contributed by atoms with E-state index in [1.54, 1.807) is 11.3 Å². The van der Waals surface area contributed by atoms with Gasteiger partial charge in [0.2, 0.25) is 0 Å². The van der Waals surface area contributed by atoms with Crippen molar-refractivity contribution in [2.45, 2.75) is 32.6 Å². The Balaban J connectivity index is 2.25. The molecule has 2 heterocycles. The van der Waals surface area contributed by atoms with Gasteiger partial charge in [0.15, 0.2) is 10.6 Å². The summed E-state index contributed by atoms with van der Waals surface area (Å²) in [6.07, 6.45) is 2.94. The highest BCUT2D eigenvalue weighted by Crippen LogP contribution is 2.26. The second kappa shape index (κ2) is 6.49. The lowest BCUT2D eigenvalue weighted by Crippen LogP contribution is -1.98. The highest BCUT2D eigenvalue weighted by atomic mass is 32.2. The number of H-pyrrole nitrogens is 1. The maximum atomic E-state index is 5.24. The number of hydrogen-bond acceptors (Lipinski definition) is 5. The smallest absolute Gasteiger partial charge is 0.195 e. The molecular weight excluding hydrogens is 284 g/mol. The zero-order valence-corrected chi connectivity index (χ0v) is 12.9. The van der Waals surface area contributed by atoms with E-state index in [0.29, 0.717) is 4.77 Å². The third-order valence-corrected chi connectivity index (χ3v) is 4.78. The fraction of sp³-hybridized carbons (Fsp3) is 0.545. The van der Waals surface area contributed by atoms with Gasteiger partial charge in [-0.05, 0) is 24.4 Å². The Morgan fingerprint density at radius 3 is 3.06 bits per heavy atom. The first-order valence-corrected chi connectivity index (χ1v) is 8.32.